The van der Waals surface area contributed by atoms with Gasteiger partial charge in [0.1, 0.15) is 0 Å². The molecule has 1 unspecified atom stereocenters. The minimum absolute atomic E-state index is 0.0101. The van der Waals surface area contributed by atoms with Gasteiger partial charge in [0.05, 0.1) is 17.6 Å². The number of sulfone groups is 1. The van der Waals surface area contributed by atoms with Crippen molar-refractivity contribution < 1.29 is 13.2 Å². The highest BCUT2D eigenvalue weighted by Gasteiger charge is 2.18. The quantitative estimate of drug-likeness (QED) is 0.729. The minimum atomic E-state index is -3.21. The van der Waals surface area contributed by atoms with Gasteiger partial charge in [-0.2, -0.15) is 5.10 Å². The number of rotatable bonds is 7. The van der Waals surface area contributed by atoms with Crippen molar-refractivity contribution in [1.29, 1.82) is 0 Å². The van der Waals surface area contributed by atoms with Crippen molar-refractivity contribution >= 4 is 15.7 Å². The Kier molecular flexibility index (Phi) is 6.20. The third kappa shape index (κ3) is 5.15. The summed E-state index contributed by atoms with van der Waals surface area (Å²) in [6.45, 7) is 2.77. The fourth-order valence-electron chi connectivity index (χ4n) is 2.63. The van der Waals surface area contributed by atoms with Gasteiger partial charge < -0.3 is 4.90 Å². The van der Waals surface area contributed by atoms with Gasteiger partial charge in [-0.15, -0.1) is 0 Å². The van der Waals surface area contributed by atoms with Gasteiger partial charge in [-0.3, -0.25) is 14.4 Å². The maximum Gasteiger partial charge on any atom is 0.236 e. The molecule has 1 atom stereocenters. The number of hydrogen-bond acceptors (Lipinski definition) is 5. The first-order chi connectivity index (χ1) is 12.1. The van der Waals surface area contributed by atoms with Crippen molar-refractivity contribution in [2.75, 3.05) is 26.9 Å². The highest BCUT2D eigenvalue weighted by Crippen LogP contribution is 2.20. The zero-order chi connectivity index (χ0) is 19.5. The molecule has 2 rings (SSSR count). The lowest BCUT2D eigenvalue weighted by Gasteiger charge is -2.27. The lowest BCUT2D eigenvalue weighted by Crippen LogP contribution is -2.37. The van der Waals surface area contributed by atoms with E-state index in [1.165, 1.54) is 6.26 Å². The summed E-state index contributed by atoms with van der Waals surface area (Å²) >= 11 is 0. The van der Waals surface area contributed by atoms with Crippen LogP contribution in [0.3, 0.4) is 0 Å². The monoisotopic (exact) mass is 378 g/mol. The van der Waals surface area contributed by atoms with E-state index in [1.807, 2.05) is 32.1 Å². The van der Waals surface area contributed by atoms with Crippen LogP contribution in [-0.2, 0) is 28.2 Å². The predicted molar refractivity (Wildman–Crippen MR) is 100 cm³/mol. The van der Waals surface area contributed by atoms with Crippen molar-refractivity contribution in [2.45, 2.75) is 24.4 Å². The molecule has 0 radical (unpaired) electrons. The SMILES string of the molecule is CC(c1ccc(S(C)(=O)=O)cc1)N(C)CC(=O)N(C)Cc1cnn(C)c1. The van der Waals surface area contributed by atoms with E-state index >= 15 is 0 Å². The van der Waals surface area contributed by atoms with Crippen LogP contribution in [-0.4, -0.2) is 60.8 Å². The van der Waals surface area contributed by atoms with Gasteiger partial charge in [-0.1, -0.05) is 12.1 Å². The zero-order valence-electron chi connectivity index (χ0n) is 15.9. The van der Waals surface area contributed by atoms with E-state index in [0.717, 1.165) is 11.1 Å². The zero-order valence-corrected chi connectivity index (χ0v) is 16.7. The van der Waals surface area contributed by atoms with Crippen LogP contribution < -0.4 is 0 Å². The van der Waals surface area contributed by atoms with E-state index in [4.69, 9.17) is 0 Å². The largest absolute Gasteiger partial charge is 0.340 e. The van der Waals surface area contributed by atoms with Crippen LogP contribution in [0.1, 0.15) is 24.1 Å². The van der Waals surface area contributed by atoms with Crippen LogP contribution >= 0.6 is 0 Å². The van der Waals surface area contributed by atoms with Crippen LogP contribution in [0.15, 0.2) is 41.6 Å². The summed E-state index contributed by atoms with van der Waals surface area (Å²) < 4.78 is 24.8. The number of likely N-dealkylation sites (N-methyl/N-ethyl adjacent to an activating group) is 2. The highest BCUT2D eigenvalue weighted by molar-refractivity contribution is 7.90. The molecule has 0 fully saturated rings. The third-order valence-electron chi connectivity index (χ3n) is 4.44. The Balaban J connectivity index is 1.97. The van der Waals surface area contributed by atoms with Crippen molar-refractivity contribution in [3.63, 3.8) is 0 Å². The predicted octanol–water partition coefficient (Wildman–Crippen LogP) is 1.47. The van der Waals surface area contributed by atoms with E-state index in [2.05, 4.69) is 5.10 Å². The van der Waals surface area contributed by atoms with Crippen molar-refractivity contribution in [1.82, 2.24) is 19.6 Å². The molecule has 0 aliphatic carbocycles. The molecule has 0 bridgehead atoms. The van der Waals surface area contributed by atoms with Crippen molar-refractivity contribution in [3.05, 3.63) is 47.8 Å². The molecule has 0 saturated carbocycles. The summed E-state index contributed by atoms with van der Waals surface area (Å²) in [4.78, 5) is 16.4. The second-order valence-corrected chi connectivity index (χ2v) is 8.72. The molecule has 8 heteroatoms. The van der Waals surface area contributed by atoms with E-state index in [9.17, 15) is 13.2 Å². The van der Waals surface area contributed by atoms with Gasteiger partial charge in [0.15, 0.2) is 9.84 Å². The Hall–Kier alpha value is -2.19. The van der Waals surface area contributed by atoms with E-state index in [1.54, 1.807) is 47.1 Å². The fraction of sp³-hybridized carbons (Fsp3) is 0.444. The van der Waals surface area contributed by atoms with Crippen LogP contribution in [0.4, 0.5) is 0 Å². The Morgan fingerprint density at radius 1 is 1.23 bits per heavy atom. The molecule has 0 aliphatic heterocycles. The molecule has 0 N–H and O–H groups in total. The molecule has 0 aliphatic rings. The first-order valence-corrected chi connectivity index (χ1v) is 10.2. The smallest absolute Gasteiger partial charge is 0.236 e. The Morgan fingerprint density at radius 2 is 1.85 bits per heavy atom. The molecule has 0 spiro atoms. The van der Waals surface area contributed by atoms with Crippen LogP contribution in [0.25, 0.3) is 0 Å². The Bertz CT molecular complexity index is 859. The van der Waals surface area contributed by atoms with Crippen molar-refractivity contribution in [2.24, 2.45) is 7.05 Å². The standard InChI is InChI=1S/C18H26N4O3S/c1-14(16-6-8-17(9-7-16)26(5,24)25)20(2)13-18(23)21(3)11-15-10-19-22(4)12-15/h6-10,12,14H,11,13H2,1-5H3. The van der Waals surface area contributed by atoms with E-state index in [-0.39, 0.29) is 18.5 Å². The average molecular weight is 378 g/mol. The number of hydrogen-bond donors (Lipinski definition) is 0. The van der Waals surface area contributed by atoms with Gasteiger partial charge >= 0.3 is 0 Å². The van der Waals surface area contributed by atoms with Gasteiger partial charge in [-0.05, 0) is 31.7 Å². The Morgan fingerprint density at radius 3 is 2.35 bits per heavy atom. The van der Waals surface area contributed by atoms with E-state index < -0.39 is 9.84 Å². The summed E-state index contributed by atoms with van der Waals surface area (Å²) in [5.74, 6) is 0.0101. The molecule has 7 nitrogen and oxygen atoms in total. The summed E-state index contributed by atoms with van der Waals surface area (Å²) in [6, 6.07) is 6.78. The molecule has 0 saturated heterocycles. The average Bonchev–Trinajstić information content (AvgIpc) is 2.98. The number of nitrogens with zero attached hydrogens (tertiary/aromatic N) is 4. The minimum Gasteiger partial charge on any atom is -0.340 e. The van der Waals surface area contributed by atoms with Gasteiger partial charge in [-0.25, -0.2) is 8.42 Å². The highest BCUT2D eigenvalue weighted by atomic mass is 32.2. The number of aromatic nitrogens is 2. The number of aryl methyl sites for hydroxylation is 1. The van der Waals surface area contributed by atoms with Crippen LogP contribution in [0.5, 0.6) is 0 Å². The van der Waals surface area contributed by atoms with E-state index in [0.29, 0.717) is 11.4 Å². The number of benzene rings is 1. The Labute approximate surface area is 155 Å². The summed E-state index contributed by atoms with van der Waals surface area (Å²) in [5.41, 5.74) is 1.94. The molecule has 1 aromatic carbocycles. The summed E-state index contributed by atoms with van der Waals surface area (Å²) in [7, 11) is 2.29. The lowest BCUT2D eigenvalue weighted by atomic mass is 10.1. The summed E-state index contributed by atoms with van der Waals surface area (Å²) in [5, 5.41) is 4.11. The van der Waals surface area contributed by atoms with Gasteiger partial charge in [0, 0.05) is 44.7 Å². The maximum atomic E-state index is 12.5. The van der Waals surface area contributed by atoms with Crippen LogP contribution in [0, 0.1) is 0 Å². The third-order valence-corrected chi connectivity index (χ3v) is 5.57. The van der Waals surface area contributed by atoms with Gasteiger partial charge in [0.25, 0.3) is 0 Å². The topological polar surface area (TPSA) is 75.5 Å². The summed E-state index contributed by atoms with van der Waals surface area (Å²) in [6.07, 6.45) is 4.83. The molecular weight excluding hydrogens is 352 g/mol. The lowest BCUT2D eigenvalue weighted by molar-refractivity contribution is -0.131. The molecule has 1 aromatic heterocycles. The maximum absolute atomic E-state index is 12.5. The van der Waals surface area contributed by atoms with Gasteiger partial charge in [0.2, 0.25) is 5.91 Å². The molecule has 142 valence electrons. The first kappa shape index (κ1) is 20.1. The second-order valence-electron chi connectivity index (χ2n) is 6.70. The number of carbonyl (C=O) groups excluding carboxylic acids is 1. The number of carbonyl (C=O) groups is 1. The fourth-order valence-corrected chi connectivity index (χ4v) is 3.27. The first-order valence-electron chi connectivity index (χ1n) is 8.29. The molecule has 1 amide bonds. The molecule has 1 heterocycles. The van der Waals surface area contributed by atoms with Crippen molar-refractivity contribution in [3.8, 4) is 0 Å². The second kappa shape index (κ2) is 8.01. The molecular formula is C18H26N4O3S. The normalized spacial score (nSPS) is 13.0. The molecule has 2 aromatic rings. The number of amides is 1. The molecule has 26 heavy (non-hydrogen) atoms. The van der Waals surface area contributed by atoms with Crippen LogP contribution in [0.2, 0.25) is 0 Å².